The predicted octanol–water partition coefficient (Wildman–Crippen LogP) is 2.71. The van der Waals surface area contributed by atoms with Crippen LogP contribution in [0.2, 0.25) is 0 Å². The number of aliphatic hydroxyl groups excluding tert-OH is 2. The summed E-state index contributed by atoms with van der Waals surface area (Å²) < 4.78 is 0. The highest BCUT2D eigenvalue weighted by Crippen LogP contribution is 2.57. The maximum absolute atomic E-state index is 9.62. The second-order valence-corrected chi connectivity index (χ2v) is 6.68. The highest BCUT2D eigenvalue weighted by Gasteiger charge is 2.54. The number of nitrogens with two attached hydrogens (primary N) is 2. The van der Waals surface area contributed by atoms with Crippen molar-refractivity contribution in [2.75, 3.05) is 13.1 Å². The lowest BCUT2D eigenvalue weighted by atomic mass is 9.49. The molecule has 0 saturated carbocycles. The Kier molecular flexibility index (Phi) is 4.04. The molecule has 116 valence electrons. The summed E-state index contributed by atoms with van der Waals surface area (Å²) in [6.07, 6.45) is 12.5. The van der Waals surface area contributed by atoms with Gasteiger partial charge in [0, 0.05) is 23.9 Å². The van der Waals surface area contributed by atoms with Crippen LogP contribution in [0.1, 0.15) is 26.7 Å². The zero-order valence-corrected chi connectivity index (χ0v) is 12.8. The van der Waals surface area contributed by atoms with Crippen LogP contribution in [-0.4, -0.2) is 23.3 Å². The first-order valence-corrected chi connectivity index (χ1v) is 7.39. The minimum Gasteiger partial charge on any atom is -0.508 e. The summed E-state index contributed by atoms with van der Waals surface area (Å²) >= 11 is 0. The Morgan fingerprint density at radius 2 is 1.33 bits per heavy atom. The van der Waals surface area contributed by atoms with Crippen LogP contribution >= 0.6 is 0 Å². The first kappa shape index (κ1) is 15.9. The van der Waals surface area contributed by atoms with Crippen LogP contribution in [0.3, 0.4) is 0 Å². The maximum atomic E-state index is 9.62. The maximum Gasteiger partial charge on any atom is 0.111 e. The molecule has 2 aliphatic carbocycles. The van der Waals surface area contributed by atoms with Gasteiger partial charge in [0.2, 0.25) is 0 Å². The fourth-order valence-electron chi connectivity index (χ4n) is 3.57. The van der Waals surface area contributed by atoms with Gasteiger partial charge in [-0.15, -0.1) is 0 Å². The van der Waals surface area contributed by atoms with Gasteiger partial charge in [-0.25, -0.2) is 0 Å². The number of allylic oxidation sites excluding steroid dienone is 4. The van der Waals surface area contributed by atoms with Gasteiger partial charge in [-0.05, 0) is 42.6 Å². The normalized spacial score (nSPS) is 32.8. The molecular formula is C17H26N2O2. The Labute approximate surface area is 126 Å². The van der Waals surface area contributed by atoms with Gasteiger partial charge in [-0.1, -0.05) is 26.0 Å². The lowest BCUT2D eigenvalue weighted by Crippen LogP contribution is -2.55. The van der Waals surface area contributed by atoms with Crippen molar-refractivity contribution >= 4 is 0 Å². The highest BCUT2D eigenvalue weighted by molar-refractivity contribution is 5.31. The summed E-state index contributed by atoms with van der Waals surface area (Å²) in [6.45, 7) is 5.30. The van der Waals surface area contributed by atoms with E-state index in [1.54, 1.807) is 12.2 Å². The fourth-order valence-corrected chi connectivity index (χ4v) is 3.57. The summed E-state index contributed by atoms with van der Waals surface area (Å²) in [5.74, 6) is 0.571. The summed E-state index contributed by atoms with van der Waals surface area (Å²) in [5.41, 5.74) is 11.5. The zero-order chi connectivity index (χ0) is 15.7. The Morgan fingerprint density at radius 3 is 1.57 bits per heavy atom. The summed E-state index contributed by atoms with van der Waals surface area (Å²) in [5, 5.41) is 19.2. The standard InChI is InChI=1S/C17H26N2O2/c1-15(2,16(11-18)7-3-13(20)4-8-16)17(12-19)9-5-14(21)6-10-17/h3-7,9,20-21H,8,10-12,18-19H2,1-2H3. The first-order valence-electron chi connectivity index (χ1n) is 7.39. The van der Waals surface area contributed by atoms with Crippen LogP contribution in [0.25, 0.3) is 0 Å². The average Bonchev–Trinajstić information content (AvgIpc) is 2.49. The van der Waals surface area contributed by atoms with Crippen molar-refractivity contribution in [1.29, 1.82) is 0 Å². The van der Waals surface area contributed by atoms with E-state index in [-0.39, 0.29) is 27.8 Å². The summed E-state index contributed by atoms with van der Waals surface area (Å²) in [6, 6.07) is 0. The minimum atomic E-state index is -0.274. The molecule has 0 aromatic carbocycles. The molecule has 0 spiro atoms. The first-order chi connectivity index (χ1) is 9.82. The van der Waals surface area contributed by atoms with Gasteiger partial charge in [0.1, 0.15) is 11.5 Å². The third kappa shape index (κ3) is 2.32. The molecule has 0 saturated heterocycles. The van der Waals surface area contributed by atoms with Crippen molar-refractivity contribution in [3.8, 4) is 0 Å². The monoisotopic (exact) mass is 290 g/mol. The molecule has 0 aliphatic heterocycles. The molecule has 4 nitrogen and oxygen atoms in total. The van der Waals surface area contributed by atoms with E-state index in [9.17, 15) is 10.2 Å². The van der Waals surface area contributed by atoms with Crippen molar-refractivity contribution in [2.24, 2.45) is 27.7 Å². The quantitative estimate of drug-likeness (QED) is 0.640. The van der Waals surface area contributed by atoms with Crippen LogP contribution in [0.4, 0.5) is 0 Å². The topological polar surface area (TPSA) is 92.5 Å². The van der Waals surface area contributed by atoms with Crippen LogP contribution in [0, 0.1) is 16.2 Å². The second kappa shape index (κ2) is 5.35. The molecule has 2 rings (SSSR count). The van der Waals surface area contributed by atoms with Gasteiger partial charge >= 0.3 is 0 Å². The van der Waals surface area contributed by atoms with Crippen molar-refractivity contribution < 1.29 is 10.2 Å². The largest absolute Gasteiger partial charge is 0.508 e. The van der Waals surface area contributed by atoms with Crippen molar-refractivity contribution in [3.63, 3.8) is 0 Å². The molecule has 4 heteroatoms. The van der Waals surface area contributed by atoms with Crippen LogP contribution in [0.5, 0.6) is 0 Å². The van der Waals surface area contributed by atoms with Gasteiger partial charge in [0.25, 0.3) is 0 Å². The third-order valence-corrected chi connectivity index (χ3v) is 5.72. The van der Waals surface area contributed by atoms with Gasteiger partial charge in [0.15, 0.2) is 0 Å². The molecule has 6 N–H and O–H groups in total. The molecule has 0 bridgehead atoms. The summed E-state index contributed by atoms with van der Waals surface area (Å²) in [4.78, 5) is 0. The van der Waals surface area contributed by atoms with Gasteiger partial charge < -0.3 is 21.7 Å². The van der Waals surface area contributed by atoms with Crippen LogP contribution in [0.15, 0.2) is 48.0 Å². The Hall–Kier alpha value is -1.52. The van der Waals surface area contributed by atoms with Crippen molar-refractivity contribution in [3.05, 3.63) is 48.0 Å². The van der Waals surface area contributed by atoms with Crippen LogP contribution < -0.4 is 11.5 Å². The van der Waals surface area contributed by atoms with E-state index in [0.29, 0.717) is 25.9 Å². The lowest BCUT2D eigenvalue weighted by molar-refractivity contribution is 0.00796. The van der Waals surface area contributed by atoms with Gasteiger partial charge in [-0.3, -0.25) is 0 Å². The SMILES string of the molecule is CC(C)(C1(CN)C=CC(O)=CC1)C1(CN)C=CC(O)=CC1. The van der Waals surface area contributed by atoms with E-state index in [1.807, 2.05) is 24.3 Å². The molecule has 21 heavy (non-hydrogen) atoms. The molecule has 2 unspecified atom stereocenters. The van der Waals surface area contributed by atoms with Crippen molar-refractivity contribution in [1.82, 2.24) is 0 Å². The molecule has 0 heterocycles. The minimum absolute atomic E-state index is 0.231. The molecule has 0 aromatic rings. The highest BCUT2D eigenvalue weighted by atomic mass is 16.3. The smallest absolute Gasteiger partial charge is 0.111 e. The predicted molar refractivity (Wildman–Crippen MR) is 85.7 cm³/mol. The third-order valence-electron chi connectivity index (χ3n) is 5.72. The second-order valence-electron chi connectivity index (χ2n) is 6.68. The van der Waals surface area contributed by atoms with E-state index in [0.717, 1.165) is 0 Å². The van der Waals surface area contributed by atoms with E-state index >= 15 is 0 Å². The molecule has 2 atom stereocenters. The molecule has 0 aromatic heterocycles. The number of aliphatic hydroxyl groups is 2. The van der Waals surface area contributed by atoms with Gasteiger partial charge in [-0.2, -0.15) is 0 Å². The molecule has 0 radical (unpaired) electrons. The number of hydrogen-bond acceptors (Lipinski definition) is 4. The Bertz CT molecular complexity index is 485. The van der Waals surface area contributed by atoms with E-state index in [1.165, 1.54) is 0 Å². The van der Waals surface area contributed by atoms with Gasteiger partial charge in [0.05, 0.1) is 0 Å². The average molecular weight is 290 g/mol. The number of hydrogen-bond donors (Lipinski definition) is 4. The van der Waals surface area contributed by atoms with E-state index in [4.69, 9.17) is 11.5 Å². The van der Waals surface area contributed by atoms with E-state index in [2.05, 4.69) is 13.8 Å². The summed E-state index contributed by atoms with van der Waals surface area (Å²) in [7, 11) is 0. The molecular weight excluding hydrogens is 264 g/mol. The number of rotatable bonds is 4. The van der Waals surface area contributed by atoms with Crippen LogP contribution in [-0.2, 0) is 0 Å². The van der Waals surface area contributed by atoms with E-state index < -0.39 is 0 Å². The zero-order valence-electron chi connectivity index (χ0n) is 12.8. The molecule has 2 aliphatic rings. The lowest BCUT2D eigenvalue weighted by Gasteiger charge is -2.56. The Balaban J connectivity index is 2.44. The molecule has 0 fully saturated rings. The molecule has 0 amide bonds. The fraction of sp³-hybridized carbons (Fsp3) is 0.529. The van der Waals surface area contributed by atoms with Crippen molar-refractivity contribution in [2.45, 2.75) is 26.7 Å². The Morgan fingerprint density at radius 1 is 0.952 bits per heavy atom.